The zero-order valence-corrected chi connectivity index (χ0v) is 16.2. The maximum Gasteiger partial charge on any atom is 0.295 e. The van der Waals surface area contributed by atoms with E-state index in [9.17, 15) is 14.7 Å². The molecule has 0 aromatic heterocycles. The van der Waals surface area contributed by atoms with Crippen LogP contribution in [0.2, 0.25) is 0 Å². The molecular weight excluding hydrogens is 370 g/mol. The van der Waals surface area contributed by atoms with Crippen LogP contribution < -0.4 is 4.74 Å². The van der Waals surface area contributed by atoms with Gasteiger partial charge in [0.25, 0.3) is 11.7 Å². The number of methoxy groups -OCH3 is 1. The third-order valence-electron chi connectivity index (χ3n) is 4.69. The lowest BCUT2D eigenvalue weighted by atomic mass is 9.95. The van der Waals surface area contributed by atoms with Crippen LogP contribution in [-0.4, -0.2) is 48.6 Å². The van der Waals surface area contributed by atoms with Crippen LogP contribution in [0.4, 0.5) is 0 Å². The number of likely N-dealkylation sites (tertiary alicyclic amines) is 1. The molecule has 1 heterocycles. The summed E-state index contributed by atoms with van der Waals surface area (Å²) in [5.74, 6) is -0.961. The molecule has 150 valence electrons. The molecule has 0 spiro atoms. The molecule has 0 bridgehead atoms. The van der Waals surface area contributed by atoms with Crippen LogP contribution >= 0.6 is 0 Å². The Labute approximate surface area is 169 Å². The number of hydrogen-bond donors (Lipinski definition) is 1. The highest BCUT2D eigenvalue weighted by molar-refractivity contribution is 6.46. The van der Waals surface area contributed by atoms with Gasteiger partial charge in [-0.2, -0.15) is 0 Å². The normalized spacial score (nSPS) is 18.1. The lowest BCUT2D eigenvalue weighted by molar-refractivity contribution is -0.140. The van der Waals surface area contributed by atoms with Gasteiger partial charge in [0.2, 0.25) is 0 Å². The molecule has 1 amide bonds. The molecule has 3 rings (SSSR count). The van der Waals surface area contributed by atoms with Crippen molar-refractivity contribution in [2.75, 3.05) is 26.9 Å². The fourth-order valence-electron chi connectivity index (χ4n) is 3.30. The summed E-state index contributed by atoms with van der Waals surface area (Å²) in [6.45, 7) is 4.49. The molecule has 29 heavy (non-hydrogen) atoms. The molecule has 1 aliphatic heterocycles. The van der Waals surface area contributed by atoms with Gasteiger partial charge in [-0.15, -0.1) is 0 Å². The summed E-state index contributed by atoms with van der Waals surface area (Å²) < 4.78 is 10.5. The standard InChI is InChI=1S/C23H23NO5/c1-3-14-29-18-11-9-17(10-12-18)21(25)19-20(16-7-5-4-6-8-16)24(13-15-28-2)23(27)22(19)26/h3-12,20,25H,1,13-15H2,2H3. The topological polar surface area (TPSA) is 76.1 Å². The van der Waals surface area contributed by atoms with Crippen LogP contribution in [0.15, 0.2) is 72.8 Å². The number of amides is 1. The molecule has 1 aliphatic rings. The Morgan fingerprint density at radius 1 is 1.14 bits per heavy atom. The molecule has 6 heteroatoms. The fourth-order valence-corrected chi connectivity index (χ4v) is 3.30. The van der Waals surface area contributed by atoms with Crippen LogP contribution in [0.25, 0.3) is 5.76 Å². The Morgan fingerprint density at radius 3 is 2.45 bits per heavy atom. The maximum absolute atomic E-state index is 12.8. The van der Waals surface area contributed by atoms with E-state index in [0.29, 0.717) is 17.9 Å². The minimum atomic E-state index is -0.709. The van der Waals surface area contributed by atoms with Crippen molar-refractivity contribution < 1.29 is 24.2 Å². The highest BCUT2D eigenvalue weighted by atomic mass is 16.5. The number of carbonyl (C=O) groups is 2. The molecule has 2 aromatic carbocycles. The smallest absolute Gasteiger partial charge is 0.295 e. The number of hydrogen-bond acceptors (Lipinski definition) is 5. The number of benzene rings is 2. The molecule has 1 unspecified atom stereocenters. The van der Waals surface area contributed by atoms with Crippen molar-refractivity contribution in [2.24, 2.45) is 0 Å². The van der Waals surface area contributed by atoms with Crippen molar-refractivity contribution in [3.63, 3.8) is 0 Å². The van der Waals surface area contributed by atoms with Gasteiger partial charge in [0.1, 0.15) is 18.1 Å². The van der Waals surface area contributed by atoms with Crippen LogP contribution in [0.1, 0.15) is 17.2 Å². The van der Waals surface area contributed by atoms with Gasteiger partial charge in [-0.3, -0.25) is 9.59 Å². The van der Waals surface area contributed by atoms with E-state index in [1.807, 2.05) is 30.3 Å². The van der Waals surface area contributed by atoms with Crippen molar-refractivity contribution in [3.05, 3.63) is 84.0 Å². The van der Waals surface area contributed by atoms with E-state index in [1.54, 1.807) is 30.3 Å². The molecule has 1 atom stereocenters. The molecule has 2 aromatic rings. The summed E-state index contributed by atoms with van der Waals surface area (Å²) in [6, 6.07) is 15.2. The van der Waals surface area contributed by atoms with E-state index < -0.39 is 17.7 Å². The molecule has 1 fully saturated rings. The number of nitrogens with zero attached hydrogens (tertiary/aromatic N) is 1. The lowest BCUT2D eigenvalue weighted by Gasteiger charge is -2.25. The summed E-state index contributed by atoms with van der Waals surface area (Å²) in [5.41, 5.74) is 1.24. The maximum atomic E-state index is 12.8. The Hall–Kier alpha value is -3.38. The summed E-state index contributed by atoms with van der Waals surface area (Å²) in [4.78, 5) is 26.9. The summed E-state index contributed by atoms with van der Waals surface area (Å²) in [6.07, 6.45) is 1.63. The molecular formula is C23H23NO5. The molecule has 0 aliphatic carbocycles. The van der Waals surface area contributed by atoms with Gasteiger partial charge in [0.15, 0.2) is 0 Å². The third-order valence-corrected chi connectivity index (χ3v) is 4.69. The summed E-state index contributed by atoms with van der Waals surface area (Å²) in [7, 11) is 1.53. The number of Topliss-reactive ketones (excluding diaryl/α,β-unsaturated/α-hetero) is 1. The van der Waals surface area contributed by atoms with E-state index in [1.165, 1.54) is 12.0 Å². The van der Waals surface area contributed by atoms with Crippen molar-refractivity contribution in [2.45, 2.75) is 6.04 Å². The number of ether oxygens (including phenoxy) is 2. The number of rotatable bonds is 8. The van der Waals surface area contributed by atoms with Crippen LogP contribution in [0, 0.1) is 0 Å². The minimum absolute atomic E-state index is 0.0667. The predicted molar refractivity (Wildman–Crippen MR) is 109 cm³/mol. The van der Waals surface area contributed by atoms with Crippen molar-refractivity contribution in [1.82, 2.24) is 4.90 Å². The zero-order chi connectivity index (χ0) is 20.8. The second-order valence-electron chi connectivity index (χ2n) is 6.52. The third kappa shape index (κ3) is 4.22. The molecule has 0 saturated carbocycles. The van der Waals surface area contributed by atoms with Crippen LogP contribution in [-0.2, 0) is 14.3 Å². The van der Waals surface area contributed by atoms with Gasteiger partial charge < -0.3 is 19.5 Å². The van der Waals surface area contributed by atoms with Crippen LogP contribution in [0.5, 0.6) is 5.75 Å². The highest BCUT2D eigenvalue weighted by Crippen LogP contribution is 2.39. The molecule has 0 radical (unpaired) electrons. The average Bonchev–Trinajstić information content (AvgIpc) is 3.01. The summed E-state index contributed by atoms with van der Waals surface area (Å²) >= 11 is 0. The second-order valence-corrected chi connectivity index (χ2v) is 6.52. The van der Waals surface area contributed by atoms with E-state index in [2.05, 4.69) is 6.58 Å². The molecule has 1 saturated heterocycles. The first-order chi connectivity index (χ1) is 14.1. The number of ketones is 1. The second kappa shape index (κ2) is 9.21. The largest absolute Gasteiger partial charge is 0.507 e. The Bertz CT molecular complexity index is 918. The molecule has 1 N–H and O–H groups in total. The van der Waals surface area contributed by atoms with Crippen LogP contribution in [0.3, 0.4) is 0 Å². The first-order valence-corrected chi connectivity index (χ1v) is 9.25. The summed E-state index contributed by atoms with van der Waals surface area (Å²) in [5, 5.41) is 10.9. The van der Waals surface area contributed by atoms with E-state index in [-0.39, 0.29) is 24.5 Å². The minimum Gasteiger partial charge on any atom is -0.507 e. The number of carbonyl (C=O) groups excluding carboxylic acids is 2. The number of aliphatic hydroxyl groups excluding tert-OH is 1. The average molecular weight is 393 g/mol. The van der Waals surface area contributed by atoms with E-state index in [0.717, 1.165) is 5.56 Å². The first-order valence-electron chi connectivity index (χ1n) is 9.25. The Kier molecular flexibility index (Phi) is 6.46. The van der Waals surface area contributed by atoms with Crippen molar-refractivity contribution in [3.8, 4) is 5.75 Å². The van der Waals surface area contributed by atoms with Gasteiger partial charge in [0.05, 0.1) is 18.2 Å². The quantitative estimate of drug-likeness (QED) is 0.322. The highest BCUT2D eigenvalue weighted by Gasteiger charge is 2.45. The van der Waals surface area contributed by atoms with Gasteiger partial charge in [0, 0.05) is 19.2 Å². The predicted octanol–water partition coefficient (Wildman–Crippen LogP) is 3.32. The monoisotopic (exact) mass is 393 g/mol. The van der Waals surface area contributed by atoms with Gasteiger partial charge >= 0.3 is 0 Å². The fraction of sp³-hybridized carbons (Fsp3) is 0.217. The van der Waals surface area contributed by atoms with Crippen molar-refractivity contribution >= 4 is 17.4 Å². The van der Waals surface area contributed by atoms with E-state index in [4.69, 9.17) is 9.47 Å². The Morgan fingerprint density at radius 2 is 1.83 bits per heavy atom. The van der Waals surface area contributed by atoms with Crippen molar-refractivity contribution in [1.29, 1.82) is 0 Å². The lowest BCUT2D eigenvalue weighted by Crippen LogP contribution is -2.32. The first kappa shape index (κ1) is 20.4. The zero-order valence-electron chi connectivity index (χ0n) is 16.2. The Balaban J connectivity index is 2.04. The van der Waals surface area contributed by atoms with Gasteiger partial charge in [-0.05, 0) is 29.8 Å². The SMILES string of the molecule is C=CCOc1ccc(C(O)=C2C(=O)C(=O)N(CCOC)C2c2ccccc2)cc1. The van der Waals surface area contributed by atoms with Gasteiger partial charge in [-0.25, -0.2) is 0 Å². The number of aliphatic hydroxyl groups is 1. The van der Waals surface area contributed by atoms with Gasteiger partial charge in [-0.1, -0.05) is 43.0 Å². The van der Waals surface area contributed by atoms with E-state index >= 15 is 0 Å². The molecule has 6 nitrogen and oxygen atoms in total.